The minimum atomic E-state index is 0.0178. The summed E-state index contributed by atoms with van der Waals surface area (Å²) < 4.78 is 0. The number of nitrogens with zero attached hydrogens (tertiary/aromatic N) is 1. The summed E-state index contributed by atoms with van der Waals surface area (Å²) in [6.07, 6.45) is 0. The molecule has 3 rings (SSSR count). The van der Waals surface area contributed by atoms with Gasteiger partial charge in [0.25, 0.3) is 0 Å². The number of carbonyl (C=O) groups excluding carboxylic acids is 1. The van der Waals surface area contributed by atoms with Gasteiger partial charge in [-0.15, -0.1) is 22.7 Å². The van der Waals surface area contributed by atoms with Gasteiger partial charge in [-0.2, -0.15) is 0 Å². The van der Waals surface area contributed by atoms with Gasteiger partial charge in [0.2, 0.25) is 0 Å². The number of hydrogen-bond donors (Lipinski definition) is 0. The molecule has 0 bridgehead atoms. The van der Waals surface area contributed by atoms with Crippen LogP contribution in [0.2, 0.25) is 0 Å². The molecular weight excluding hydrogens is 274 g/mol. The molecule has 2 nitrogen and oxygen atoms in total. The van der Waals surface area contributed by atoms with E-state index in [0.717, 1.165) is 18.7 Å². The highest BCUT2D eigenvalue weighted by molar-refractivity contribution is 7.10. The number of Topliss-reactive ketones (excluding diaryl/α,β-unsaturated/α-hetero) is 1. The number of hydrogen-bond acceptors (Lipinski definition) is 4. The van der Waals surface area contributed by atoms with Gasteiger partial charge in [-0.1, -0.05) is 19.9 Å². The summed E-state index contributed by atoms with van der Waals surface area (Å²) in [5, 5.41) is 4.14. The Bertz CT molecular complexity index is 571. The van der Waals surface area contributed by atoms with Crippen molar-refractivity contribution in [1.82, 2.24) is 4.90 Å². The van der Waals surface area contributed by atoms with Crippen LogP contribution in [0.4, 0.5) is 0 Å². The molecule has 4 heteroatoms. The summed E-state index contributed by atoms with van der Waals surface area (Å²) in [6, 6.07) is 6.23. The normalized spacial score (nSPS) is 19.9. The first kappa shape index (κ1) is 13.0. The molecule has 0 amide bonds. The number of fused-ring (bicyclic) bond motifs is 1. The summed E-state index contributed by atoms with van der Waals surface area (Å²) in [5.41, 5.74) is 0.950. The molecule has 0 spiro atoms. The molecule has 0 saturated carbocycles. The zero-order valence-corrected chi connectivity index (χ0v) is 12.8. The maximum Gasteiger partial charge on any atom is 0.181 e. The fraction of sp³-hybridized carbons (Fsp3) is 0.400. The van der Waals surface area contributed by atoms with Crippen LogP contribution >= 0.6 is 22.7 Å². The lowest BCUT2D eigenvalue weighted by molar-refractivity contribution is 0.0675. The number of thiophene rings is 2. The van der Waals surface area contributed by atoms with Gasteiger partial charge in [0.05, 0.1) is 6.04 Å². The van der Waals surface area contributed by atoms with Crippen molar-refractivity contribution in [2.24, 2.45) is 5.92 Å². The summed E-state index contributed by atoms with van der Waals surface area (Å²) in [4.78, 5) is 17.5. The quantitative estimate of drug-likeness (QED) is 0.851. The molecule has 0 aliphatic carbocycles. The Morgan fingerprint density at radius 3 is 2.84 bits per heavy atom. The lowest BCUT2D eigenvalue weighted by Gasteiger charge is -2.36. The third kappa shape index (κ3) is 2.40. The van der Waals surface area contributed by atoms with Crippen LogP contribution in [0, 0.1) is 5.92 Å². The minimum Gasteiger partial charge on any atom is -0.292 e. The van der Waals surface area contributed by atoms with Crippen molar-refractivity contribution < 1.29 is 4.79 Å². The van der Waals surface area contributed by atoms with E-state index in [1.165, 1.54) is 9.75 Å². The van der Waals surface area contributed by atoms with E-state index in [2.05, 4.69) is 36.3 Å². The minimum absolute atomic E-state index is 0.0178. The van der Waals surface area contributed by atoms with E-state index >= 15 is 0 Å². The van der Waals surface area contributed by atoms with Gasteiger partial charge in [-0.3, -0.25) is 9.69 Å². The van der Waals surface area contributed by atoms with Gasteiger partial charge < -0.3 is 0 Å². The average Bonchev–Trinajstić information content (AvgIpc) is 2.99. The second kappa shape index (κ2) is 5.19. The number of ketones is 1. The maximum atomic E-state index is 12.6. The number of rotatable bonds is 3. The molecule has 0 unspecified atom stereocenters. The van der Waals surface area contributed by atoms with Crippen molar-refractivity contribution in [3.05, 3.63) is 44.3 Å². The molecule has 0 N–H and O–H groups in total. The van der Waals surface area contributed by atoms with Gasteiger partial charge in [0, 0.05) is 28.4 Å². The molecule has 1 aliphatic heterocycles. The molecule has 3 heterocycles. The Kier molecular flexibility index (Phi) is 3.56. The Morgan fingerprint density at radius 2 is 2.16 bits per heavy atom. The Labute approximate surface area is 121 Å². The van der Waals surface area contributed by atoms with E-state index in [1.54, 1.807) is 22.7 Å². The van der Waals surface area contributed by atoms with Gasteiger partial charge in [-0.25, -0.2) is 0 Å². The van der Waals surface area contributed by atoms with E-state index in [9.17, 15) is 4.79 Å². The zero-order chi connectivity index (χ0) is 13.4. The van der Waals surface area contributed by atoms with Crippen molar-refractivity contribution in [1.29, 1.82) is 0 Å². The highest BCUT2D eigenvalue weighted by atomic mass is 32.1. The Hall–Kier alpha value is -0.970. The molecule has 0 saturated heterocycles. The molecule has 0 aromatic carbocycles. The van der Waals surface area contributed by atoms with E-state index in [1.807, 2.05) is 11.4 Å². The molecule has 2 aromatic heterocycles. The van der Waals surface area contributed by atoms with Crippen LogP contribution in [-0.4, -0.2) is 16.7 Å². The molecule has 19 heavy (non-hydrogen) atoms. The molecule has 1 atom stereocenters. The SMILES string of the molecule is CC(C)[C@H]1C(=O)c2ccsc2CN1Cc1cccs1. The predicted molar refractivity (Wildman–Crippen MR) is 80.8 cm³/mol. The second-order valence-corrected chi connectivity index (χ2v) is 7.33. The molecule has 0 radical (unpaired) electrons. The highest BCUT2D eigenvalue weighted by Crippen LogP contribution is 2.32. The molecule has 100 valence electrons. The monoisotopic (exact) mass is 291 g/mol. The van der Waals surface area contributed by atoms with Gasteiger partial charge in [-0.05, 0) is 28.8 Å². The molecular formula is C15H17NOS2. The first-order valence-corrected chi connectivity index (χ1v) is 8.29. The van der Waals surface area contributed by atoms with Crippen LogP contribution in [0.15, 0.2) is 29.0 Å². The topological polar surface area (TPSA) is 20.3 Å². The van der Waals surface area contributed by atoms with Crippen LogP contribution in [0.3, 0.4) is 0 Å². The van der Waals surface area contributed by atoms with E-state index in [4.69, 9.17) is 0 Å². The molecule has 2 aromatic rings. The smallest absolute Gasteiger partial charge is 0.181 e. The maximum absolute atomic E-state index is 12.6. The van der Waals surface area contributed by atoms with Gasteiger partial charge in [0.15, 0.2) is 5.78 Å². The number of carbonyl (C=O) groups is 1. The third-order valence-corrected chi connectivity index (χ3v) is 5.36. The van der Waals surface area contributed by atoms with Crippen LogP contribution in [0.25, 0.3) is 0 Å². The van der Waals surface area contributed by atoms with Crippen molar-refractivity contribution in [2.75, 3.05) is 0 Å². The molecule has 0 fully saturated rings. The summed E-state index contributed by atoms with van der Waals surface area (Å²) in [7, 11) is 0. The fourth-order valence-corrected chi connectivity index (χ4v) is 4.41. The van der Waals surface area contributed by atoms with Gasteiger partial charge in [0.1, 0.15) is 0 Å². The first-order valence-electron chi connectivity index (χ1n) is 6.54. The zero-order valence-electron chi connectivity index (χ0n) is 11.1. The van der Waals surface area contributed by atoms with E-state index < -0.39 is 0 Å². The first-order chi connectivity index (χ1) is 9.16. The van der Waals surface area contributed by atoms with Crippen molar-refractivity contribution >= 4 is 28.5 Å². The lowest BCUT2D eigenvalue weighted by atomic mass is 9.90. The van der Waals surface area contributed by atoms with Crippen LogP contribution in [0.5, 0.6) is 0 Å². The second-order valence-electron chi connectivity index (χ2n) is 5.29. The van der Waals surface area contributed by atoms with Crippen LogP contribution < -0.4 is 0 Å². The Balaban J connectivity index is 1.92. The highest BCUT2D eigenvalue weighted by Gasteiger charge is 2.36. The van der Waals surface area contributed by atoms with Crippen molar-refractivity contribution in [3.63, 3.8) is 0 Å². The predicted octanol–water partition coefficient (Wildman–Crippen LogP) is 4.03. The van der Waals surface area contributed by atoms with E-state index in [-0.39, 0.29) is 6.04 Å². The Morgan fingerprint density at radius 1 is 1.32 bits per heavy atom. The molecule has 1 aliphatic rings. The van der Waals surface area contributed by atoms with Crippen molar-refractivity contribution in [2.45, 2.75) is 33.0 Å². The summed E-state index contributed by atoms with van der Waals surface area (Å²) >= 11 is 3.47. The summed E-state index contributed by atoms with van der Waals surface area (Å²) in [6.45, 7) is 6.06. The van der Waals surface area contributed by atoms with Crippen molar-refractivity contribution in [3.8, 4) is 0 Å². The van der Waals surface area contributed by atoms with E-state index in [0.29, 0.717) is 11.7 Å². The lowest BCUT2D eigenvalue weighted by Crippen LogP contribution is -2.47. The summed E-state index contributed by atoms with van der Waals surface area (Å²) in [5.74, 6) is 0.648. The fourth-order valence-electron chi connectivity index (χ4n) is 2.77. The van der Waals surface area contributed by atoms with Gasteiger partial charge >= 0.3 is 0 Å². The van der Waals surface area contributed by atoms with Crippen LogP contribution in [0.1, 0.15) is 34.0 Å². The standard InChI is InChI=1S/C15H17NOS2/c1-10(2)14-15(17)12-5-7-19-13(12)9-16(14)8-11-4-3-6-18-11/h3-7,10,14H,8-9H2,1-2H3/t14-/m0/s1. The third-order valence-electron chi connectivity index (χ3n) is 3.59. The average molecular weight is 291 g/mol. The van der Waals surface area contributed by atoms with Crippen LogP contribution in [-0.2, 0) is 13.1 Å². The largest absolute Gasteiger partial charge is 0.292 e.